The van der Waals surface area contributed by atoms with Crippen molar-refractivity contribution in [2.45, 2.75) is 25.3 Å². The average Bonchev–Trinajstić information content (AvgIpc) is 2.81. The first-order chi connectivity index (χ1) is 9.57. The third-order valence-electron chi connectivity index (χ3n) is 3.80. The summed E-state index contributed by atoms with van der Waals surface area (Å²) in [6.07, 6.45) is 3.64. The van der Waals surface area contributed by atoms with Gasteiger partial charge in [0.1, 0.15) is 0 Å². The van der Waals surface area contributed by atoms with Crippen molar-refractivity contribution in [1.29, 1.82) is 0 Å². The second-order valence-corrected chi connectivity index (χ2v) is 5.68. The zero-order valence-electron chi connectivity index (χ0n) is 11.5. The summed E-state index contributed by atoms with van der Waals surface area (Å²) in [5, 5.41) is 3.98. The van der Waals surface area contributed by atoms with E-state index in [1.54, 1.807) is 12.3 Å². The molecule has 1 aliphatic heterocycles. The Bertz CT molecular complexity index is 642. The molecular weight excluding hydrogens is 254 g/mol. The standard InChI is InChI=1S/C15H19N3O2/c1-15(5-2-6-20-9-15)18-14(19)12-8-17-13-7-10(16)3-4-11(12)13/h3-4,7-8,17H,2,5-6,9,16H2,1H3,(H,18,19). The van der Waals surface area contributed by atoms with Crippen LogP contribution in [0.1, 0.15) is 30.1 Å². The second kappa shape index (κ2) is 4.83. The lowest BCUT2D eigenvalue weighted by Gasteiger charge is -2.34. The number of carbonyl (C=O) groups is 1. The first kappa shape index (κ1) is 13.0. The molecule has 0 bridgehead atoms. The van der Waals surface area contributed by atoms with E-state index >= 15 is 0 Å². The minimum absolute atomic E-state index is 0.0750. The monoisotopic (exact) mass is 273 g/mol. The van der Waals surface area contributed by atoms with Crippen molar-refractivity contribution in [3.63, 3.8) is 0 Å². The highest BCUT2D eigenvalue weighted by Gasteiger charge is 2.30. The van der Waals surface area contributed by atoms with Crippen LogP contribution in [0.15, 0.2) is 24.4 Å². The quantitative estimate of drug-likeness (QED) is 0.733. The number of benzene rings is 1. The molecule has 5 heteroatoms. The maximum absolute atomic E-state index is 12.5. The highest BCUT2D eigenvalue weighted by molar-refractivity contribution is 6.07. The summed E-state index contributed by atoms with van der Waals surface area (Å²) >= 11 is 0. The molecule has 20 heavy (non-hydrogen) atoms. The number of hydrogen-bond donors (Lipinski definition) is 3. The molecule has 0 radical (unpaired) electrons. The fourth-order valence-electron chi connectivity index (χ4n) is 2.71. The number of amides is 1. The summed E-state index contributed by atoms with van der Waals surface area (Å²) in [6, 6.07) is 5.51. The number of H-pyrrole nitrogens is 1. The second-order valence-electron chi connectivity index (χ2n) is 5.68. The molecular formula is C15H19N3O2. The Hall–Kier alpha value is -2.01. The van der Waals surface area contributed by atoms with Gasteiger partial charge >= 0.3 is 0 Å². The summed E-state index contributed by atoms with van der Waals surface area (Å²) in [5.74, 6) is -0.0750. The molecule has 1 aromatic carbocycles. The van der Waals surface area contributed by atoms with Crippen LogP contribution in [0, 0.1) is 0 Å². The van der Waals surface area contributed by atoms with Gasteiger partial charge in [0.05, 0.1) is 17.7 Å². The lowest BCUT2D eigenvalue weighted by atomic mass is 9.94. The number of anilines is 1. The minimum atomic E-state index is -0.285. The van der Waals surface area contributed by atoms with Gasteiger partial charge in [-0.25, -0.2) is 0 Å². The molecule has 1 fully saturated rings. The SMILES string of the molecule is CC1(NC(=O)c2c[nH]c3cc(N)ccc23)CCCOC1. The maximum atomic E-state index is 12.5. The van der Waals surface area contributed by atoms with Gasteiger partial charge in [-0.3, -0.25) is 4.79 Å². The topological polar surface area (TPSA) is 80.1 Å². The predicted octanol–water partition coefficient (Wildman–Crippen LogP) is 2.05. The Kier molecular flexibility index (Phi) is 3.14. The molecule has 1 aromatic heterocycles. The lowest BCUT2D eigenvalue weighted by molar-refractivity contribution is 0.0273. The van der Waals surface area contributed by atoms with Crippen LogP contribution in [-0.4, -0.2) is 29.6 Å². The summed E-state index contributed by atoms with van der Waals surface area (Å²) in [4.78, 5) is 15.5. The van der Waals surface area contributed by atoms with Crippen LogP contribution in [0.5, 0.6) is 0 Å². The Morgan fingerprint density at radius 3 is 3.10 bits per heavy atom. The van der Waals surface area contributed by atoms with Crippen molar-refractivity contribution in [2.24, 2.45) is 0 Å². The molecule has 1 unspecified atom stereocenters. The maximum Gasteiger partial charge on any atom is 0.253 e. The number of nitrogens with two attached hydrogens (primary N) is 1. The molecule has 2 aromatic rings. The van der Waals surface area contributed by atoms with E-state index in [9.17, 15) is 4.79 Å². The van der Waals surface area contributed by atoms with Gasteiger partial charge in [0, 0.05) is 29.4 Å². The summed E-state index contributed by atoms with van der Waals surface area (Å²) < 4.78 is 5.47. The summed E-state index contributed by atoms with van der Waals surface area (Å²) in [6.45, 7) is 3.36. The number of rotatable bonds is 2. The van der Waals surface area contributed by atoms with Gasteiger partial charge in [0.2, 0.25) is 0 Å². The summed E-state index contributed by atoms with van der Waals surface area (Å²) in [5.41, 5.74) is 7.66. The van der Waals surface area contributed by atoms with Gasteiger partial charge in [0.15, 0.2) is 0 Å². The van der Waals surface area contributed by atoms with E-state index in [1.807, 2.05) is 19.1 Å². The van der Waals surface area contributed by atoms with Crippen molar-refractivity contribution >= 4 is 22.5 Å². The Labute approximate surface area is 117 Å². The number of nitrogens with one attached hydrogen (secondary N) is 2. The van der Waals surface area contributed by atoms with Gasteiger partial charge in [0.25, 0.3) is 5.91 Å². The first-order valence-electron chi connectivity index (χ1n) is 6.84. The predicted molar refractivity (Wildman–Crippen MR) is 78.6 cm³/mol. The lowest BCUT2D eigenvalue weighted by Crippen LogP contribution is -2.51. The van der Waals surface area contributed by atoms with Crippen LogP contribution in [0.4, 0.5) is 5.69 Å². The van der Waals surface area contributed by atoms with E-state index in [4.69, 9.17) is 10.5 Å². The van der Waals surface area contributed by atoms with Gasteiger partial charge in [-0.05, 0) is 38.0 Å². The summed E-state index contributed by atoms with van der Waals surface area (Å²) in [7, 11) is 0. The number of fused-ring (bicyclic) bond motifs is 1. The number of hydrogen-bond acceptors (Lipinski definition) is 3. The molecule has 4 N–H and O–H groups in total. The van der Waals surface area contributed by atoms with Crippen LogP contribution in [0.25, 0.3) is 10.9 Å². The van der Waals surface area contributed by atoms with E-state index in [0.29, 0.717) is 17.9 Å². The normalized spacial score (nSPS) is 22.9. The van der Waals surface area contributed by atoms with Crippen LogP contribution in [0.2, 0.25) is 0 Å². The molecule has 1 atom stereocenters. The fraction of sp³-hybridized carbons (Fsp3) is 0.400. The molecule has 3 rings (SSSR count). The molecule has 1 saturated heterocycles. The van der Waals surface area contributed by atoms with Crippen molar-refractivity contribution in [3.05, 3.63) is 30.0 Å². The average molecular weight is 273 g/mol. The van der Waals surface area contributed by atoms with Gasteiger partial charge in [-0.1, -0.05) is 0 Å². The molecule has 0 saturated carbocycles. The minimum Gasteiger partial charge on any atom is -0.399 e. The van der Waals surface area contributed by atoms with E-state index in [1.165, 1.54) is 0 Å². The van der Waals surface area contributed by atoms with Crippen molar-refractivity contribution in [2.75, 3.05) is 18.9 Å². The third-order valence-corrected chi connectivity index (χ3v) is 3.80. The number of carbonyl (C=O) groups excluding carboxylic acids is 1. The van der Waals surface area contributed by atoms with Crippen molar-refractivity contribution in [1.82, 2.24) is 10.3 Å². The molecule has 1 amide bonds. The highest BCUT2D eigenvalue weighted by Crippen LogP contribution is 2.23. The number of aromatic amines is 1. The largest absolute Gasteiger partial charge is 0.399 e. The van der Waals surface area contributed by atoms with E-state index in [2.05, 4.69) is 10.3 Å². The third kappa shape index (κ3) is 2.36. The number of ether oxygens (including phenoxy) is 1. The smallest absolute Gasteiger partial charge is 0.253 e. The van der Waals surface area contributed by atoms with Crippen LogP contribution in [-0.2, 0) is 4.74 Å². The first-order valence-corrected chi connectivity index (χ1v) is 6.84. The Morgan fingerprint density at radius 2 is 2.35 bits per heavy atom. The highest BCUT2D eigenvalue weighted by atomic mass is 16.5. The van der Waals surface area contributed by atoms with Gasteiger partial charge in [-0.15, -0.1) is 0 Å². The zero-order valence-corrected chi connectivity index (χ0v) is 11.5. The van der Waals surface area contributed by atoms with Crippen LogP contribution >= 0.6 is 0 Å². The van der Waals surface area contributed by atoms with E-state index in [0.717, 1.165) is 30.4 Å². The van der Waals surface area contributed by atoms with E-state index in [-0.39, 0.29) is 11.4 Å². The number of nitrogen functional groups attached to an aromatic ring is 1. The molecule has 106 valence electrons. The molecule has 5 nitrogen and oxygen atoms in total. The van der Waals surface area contributed by atoms with Crippen molar-refractivity contribution < 1.29 is 9.53 Å². The van der Waals surface area contributed by atoms with Crippen LogP contribution < -0.4 is 11.1 Å². The zero-order chi connectivity index (χ0) is 14.2. The van der Waals surface area contributed by atoms with Gasteiger partial charge < -0.3 is 20.8 Å². The number of aromatic nitrogens is 1. The Morgan fingerprint density at radius 1 is 1.50 bits per heavy atom. The molecule has 0 spiro atoms. The Balaban J connectivity index is 1.85. The fourth-order valence-corrected chi connectivity index (χ4v) is 2.71. The van der Waals surface area contributed by atoms with Gasteiger partial charge in [-0.2, -0.15) is 0 Å². The molecule has 2 heterocycles. The van der Waals surface area contributed by atoms with Crippen molar-refractivity contribution in [3.8, 4) is 0 Å². The molecule has 1 aliphatic rings. The van der Waals surface area contributed by atoms with E-state index < -0.39 is 0 Å². The van der Waals surface area contributed by atoms with Crippen LogP contribution in [0.3, 0.4) is 0 Å². The molecule has 0 aliphatic carbocycles.